The third-order valence-corrected chi connectivity index (χ3v) is 5.26. The van der Waals surface area contributed by atoms with Crippen molar-refractivity contribution >= 4 is 5.57 Å². The summed E-state index contributed by atoms with van der Waals surface area (Å²) in [5.41, 5.74) is 8.86. The van der Waals surface area contributed by atoms with Gasteiger partial charge in [-0.2, -0.15) is 0 Å². The van der Waals surface area contributed by atoms with E-state index < -0.39 is 0 Å². The Hall–Kier alpha value is -3.47. The summed E-state index contributed by atoms with van der Waals surface area (Å²) < 4.78 is 0. The molecule has 0 aromatic heterocycles. The summed E-state index contributed by atoms with van der Waals surface area (Å²) in [6.45, 7) is 0. The highest BCUT2D eigenvalue weighted by atomic mass is 14.3. The van der Waals surface area contributed by atoms with E-state index in [0.29, 0.717) is 0 Å². The van der Waals surface area contributed by atoms with Crippen LogP contribution in [0.15, 0.2) is 109 Å². The lowest BCUT2D eigenvalue weighted by Crippen LogP contribution is -2.14. The number of rotatable bonds is 2. The highest BCUT2D eigenvalue weighted by Gasteiger charge is 2.33. The molecule has 5 rings (SSSR count). The van der Waals surface area contributed by atoms with Gasteiger partial charge in [0.2, 0.25) is 0 Å². The van der Waals surface area contributed by atoms with Crippen LogP contribution in [0.2, 0.25) is 0 Å². The molecule has 4 aromatic carbocycles. The molecule has 0 spiro atoms. The van der Waals surface area contributed by atoms with Gasteiger partial charge >= 0.3 is 0 Å². The SMILES string of the molecule is [C+](=C1c2ccccc2C(c2ccccc2)c2ccccc21)c1ccccc1. The van der Waals surface area contributed by atoms with Gasteiger partial charge in [-0.15, -0.1) is 0 Å². The van der Waals surface area contributed by atoms with E-state index in [2.05, 4.69) is 109 Å². The van der Waals surface area contributed by atoms with Gasteiger partial charge in [0.05, 0.1) is 11.1 Å². The number of hydrogen-bond donors (Lipinski definition) is 0. The maximum absolute atomic E-state index is 3.68. The Morgan fingerprint density at radius 1 is 0.481 bits per heavy atom. The minimum atomic E-state index is 0.250. The fourth-order valence-corrected chi connectivity index (χ4v) is 4.07. The summed E-state index contributed by atoms with van der Waals surface area (Å²) in [6.07, 6.45) is 3.68. The zero-order chi connectivity index (χ0) is 18.1. The van der Waals surface area contributed by atoms with Gasteiger partial charge in [0.1, 0.15) is 11.1 Å². The van der Waals surface area contributed by atoms with Crippen LogP contribution in [0.25, 0.3) is 5.57 Å². The minimum Gasteiger partial charge on any atom is -0.0622 e. The molecular formula is C27H19+. The molecule has 1 aliphatic carbocycles. The molecule has 0 radical (unpaired) electrons. The molecule has 1 aliphatic rings. The largest absolute Gasteiger partial charge is 0.137 e. The highest BCUT2D eigenvalue weighted by Crippen LogP contribution is 2.45. The van der Waals surface area contributed by atoms with Crippen molar-refractivity contribution in [2.24, 2.45) is 0 Å². The van der Waals surface area contributed by atoms with Crippen molar-refractivity contribution in [1.82, 2.24) is 0 Å². The molecule has 0 nitrogen and oxygen atoms in total. The summed E-state index contributed by atoms with van der Waals surface area (Å²) in [5, 5.41) is 0. The Kier molecular flexibility index (Phi) is 3.90. The minimum absolute atomic E-state index is 0.250. The molecule has 0 bridgehead atoms. The molecule has 0 atom stereocenters. The Morgan fingerprint density at radius 2 is 0.963 bits per heavy atom. The monoisotopic (exact) mass is 343 g/mol. The molecule has 4 aromatic rings. The van der Waals surface area contributed by atoms with Crippen molar-refractivity contribution in [2.45, 2.75) is 5.92 Å². The molecular weight excluding hydrogens is 324 g/mol. The first-order chi connectivity index (χ1) is 13.4. The smallest absolute Gasteiger partial charge is 0.0622 e. The third-order valence-electron chi connectivity index (χ3n) is 5.26. The van der Waals surface area contributed by atoms with Gasteiger partial charge in [0, 0.05) is 35.3 Å². The van der Waals surface area contributed by atoms with Crippen molar-refractivity contribution in [3.63, 3.8) is 0 Å². The van der Waals surface area contributed by atoms with Crippen molar-refractivity contribution in [3.05, 3.63) is 149 Å². The molecule has 0 saturated carbocycles. The number of fused-ring (bicyclic) bond motifs is 2. The second kappa shape index (κ2) is 6.68. The van der Waals surface area contributed by atoms with Crippen LogP contribution in [0.5, 0.6) is 0 Å². The van der Waals surface area contributed by atoms with E-state index in [1.54, 1.807) is 0 Å². The first-order valence-electron chi connectivity index (χ1n) is 9.34. The van der Waals surface area contributed by atoms with Gasteiger partial charge in [-0.3, -0.25) is 0 Å². The lowest BCUT2D eigenvalue weighted by atomic mass is 9.72. The van der Waals surface area contributed by atoms with Crippen molar-refractivity contribution in [3.8, 4) is 0 Å². The molecule has 0 fully saturated rings. The summed E-state index contributed by atoms with van der Waals surface area (Å²) in [7, 11) is 0. The summed E-state index contributed by atoms with van der Waals surface area (Å²) in [6, 6.07) is 38.7. The van der Waals surface area contributed by atoms with Crippen LogP contribution < -0.4 is 0 Å². The van der Waals surface area contributed by atoms with Crippen LogP contribution in [0.1, 0.15) is 39.3 Å². The van der Waals surface area contributed by atoms with E-state index in [9.17, 15) is 0 Å². The van der Waals surface area contributed by atoms with Gasteiger partial charge in [-0.25, -0.2) is 0 Å². The quantitative estimate of drug-likeness (QED) is 0.323. The van der Waals surface area contributed by atoms with E-state index in [1.807, 2.05) is 6.07 Å². The van der Waals surface area contributed by atoms with E-state index >= 15 is 0 Å². The summed E-state index contributed by atoms with van der Waals surface area (Å²) in [5.74, 6) is 0.250. The van der Waals surface area contributed by atoms with Gasteiger partial charge in [0.25, 0.3) is 0 Å². The lowest BCUT2D eigenvalue weighted by molar-refractivity contribution is 0.950. The third kappa shape index (κ3) is 2.77. The summed E-state index contributed by atoms with van der Waals surface area (Å²) >= 11 is 0. The first kappa shape index (κ1) is 15.8. The molecule has 27 heavy (non-hydrogen) atoms. The van der Waals surface area contributed by atoms with Crippen LogP contribution >= 0.6 is 0 Å². The predicted molar refractivity (Wildman–Crippen MR) is 112 cm³/mol. The van der Waals surface area contributed by atoms with Gasteiger partial charge in [-0.1, -0.05) is 54.6 Å². The maximum atomic E-state index is 3.68. The molecule has 0 heterocycles. The Bertz CT molecular complexity index is 1060. The van der Waals surface area contributed by atoms with Gasteiger partial charge in [0.15, 0.2) is 0 Å². The Morgan fingerprint density at radius 3 is 1.56 bits per heavy atom. The van der Waals surface area contributed by atoms with Gasteiger partial charge in [-0.05, 0) is 48.0 Å². The van der Waals surface area contributed by atoms with Crippen LogP contribution in [0, 0.1) is 6.08 Å². The van der Waals surface area contributed by atoms with Crippen molar-refractivity contribution in [2.75, 3.05) is 0 Å². The van der Waals surface area contributed by atoms with Crippen LogP contribution in [-0.2, 0) is 0 Å². The van der Waals surface area contributed by atoms with Crippen LogP contribution in [-0.4, -0.2) is 0 Å². The normalized spacial score (nSPS) is 14.8. The second-order valence-corrected chi connectivity index (χ2v) is 6.88. The fraction of sp³-hybridized carbons (Fsp3) is 0.0370. The fourth-order valence-electron chi connectivity index (χ4n) is 4.07. The molecule has 126 valence electrons. The predicted octanol–water partition coefficient (Wildman–Crippen LogP) is 6.46. The zero-order valence-electron chi connectivity index (χ0n) is 15.0. The van der Waals surface area contributed by atoms with E-state index in [1.165, 1.54) is 33.4 Å². The molecule has 0 amide bonds. The van der Waals surface area contributed by atoms with Crippen molar-refractivity contribution in [1.29, 1.82) is 0 Å². The summed E-state index contributed by atoms with van der Waals surface area (Å²) in [4.78, 5) is 0. The van der Waals surface area contributed by atoms with E-state index in [-0.39, 0.29) is 5.92 Å². The lowest BCUT2D eigenvalue weighted by Gasteiger charge is -2.26. The van der Waals surface area contributed by atoms with E-state index in [0.717, 1.165) is 5.56 Å². The van der Waals surface area contributed by atoms with Crippen LogP contribution in [0.3, 0.4) is 0 Å². The average Bonchev–Trinajstić information content (AvgIpc) is 2.75. The Balaban J connectivity index is 1.79. The molecule has 0 unspecified atom stereocenters. The number of hydrogen-bond acceptors (Lipinski definition) is 0. The van der Waals surface area contributed by atoms with Crippen LogP contribution in [0.4, 0.5) is 0 Å². The topological polar surface area (TPSA) is 0 Å². The first-order valence-corrected chi connectivity index (χ1v) is 9.34. The second-order valence-electron chi connectivity index (χ2n) is 6.88. The average molecular weight is 343 g/mol. The number of benzene rings is 4. The van der Waals surface area contributed by atoms with Crippen molar-refractivity contribution < 1.29 is 0 Å². The van der Waals surface area contributed by atoms with Gasteiger partial charge < -0.3 is 0 Å². The standard InChI is InChI=1S/C27H19/c1-3-11-20(12-4-1)19-26-22-15-7-9-17-24(22)27(21-13-5-2-6-14-21)25-18-10-8-16-23(25)26/h1-18,27H/q+1. The Labute approximate surface area is 160 Å². The molecule has 0 N–H and O–H groups in total. The zero-order valence-corrected chi connectivity index (χ0v) is 15.0. The maximum Gasteiger partial charge on any atom is 0.137 e. The molecule has 0 saturated heterocycles. The molecule has 0 aliphatic heterocycles. The highest BCUT2D eigenvalue weighted by molar-refractivity contribution is 5.87. The molecule has 0 heteroatoms. The van der Waals surface area contributed by atoms with E-state index in [4.69, 9.17) is 0 Å².